The molecule has 5 rings (SSSR count). The van der Waals surface area contributed by atoms with Crippen LogP contribution in [0.5, 0.6) is 0 Å². The highest BCUT2D eigenvalue weighted by Gasteiger charge is 2.27. The standard InChI is InChI=1S/C20H14BN/c1-2-6-16-12-20-17(11-15(16)5-1)9-10-22-14-19-8-4-3-7-18(19)13-21(20)22/h1-14H. The molecule has 3 aromatic rings. The molecule has 0 spiro atoms. The molecular formula is C20H14BN. The van der Waals surface area contributed by atoms with Crippen molar-refractivity contribution in [2.45, 2.75) is 0 Å². The van der Waals surface area contributed by atoms with E-state index in [0.29, 0.717) is 6.85 Å². The molecule has 2 aliphatic rings. The van der Waals surface area contributed by atoms with E-state index >= 15 is 0 Å². The highest BCUT2D eigenvalue weighted by Crippen LogP contribution is 2.20. The van der Waals surface area contributed by atoms with Gasteiger partial charge in [0.25, 0.3) is 0 Å². The molecule has 102 valence electrons. The third kappa shape index (κ3) is 1.67. The van der Waals surface area contributed by atoms with Gasteiger partial charge in [0.1, 0.15) is 0 Å². The van der Waals surface area contributed by atoms with Crippen molar-refractivity contribution >= 4 is 41.3 Å². The number of hydrogen-bond acceptors (Lipinski definition) is 1. The summed E-state index contributed by atoms with van der Waals surface area (Å²) in [6.45, 7) is 0.291. The van der Waals surface area contributed by atoms with E-state index < -0.39 is 0 Å². The molecule has 2 heteroatoms. The lowest BCUT2D eigenvalue weighted by Crippen LogP contribution is -2.50. The van der Waals surface area contributed by atoms with Gasteiger partial charge < -0.3 is 4.81 Å². The van der Waals surface area contributed by atoms with Crippen molar-refractivity contribution in [1.82, 2.24) is 4.81 Å². The molecule has 0 aliphatic carbocycles. The summed E-state index contributed by atoms with van der Waals surface area (Å²) in [7, 11) is 0. The van der Waals surface area contributed by atoms with Gasteiger partial charge in [-0.3, -0.25) is 0 Å². The van der Waals surface area contributed by atoms with E-state index in [2.05, 4.69) is 89.9 Å². The summed E-state index contributed by atoms with van der Waals surface area (Å²) < 4.78 is 0. The maximum absolute atomic E-state index is 2.37. The third-order valence-electron chi connectivity index (χ3n) is 4.64. The largest absolute Gasteiger partial charge is 0.389 e. The van der Waals surface area contributed by atoms with Gasteiger partial charge in [0.15, 0.2) is 0 Å². The SMILES string of the molecule is C1=CN2C=c3ccccc3=CB2c2cc3ccccc3cc21. The summed E-state index contributed by atoms with van der Waals surface area (Å²) in [4.78, 5) is 2.30. The molecule has 0 unspecified atom stereocenters. The van der Waals surface area contributed by atoms with Crippen LogP contribution in [0.2, 0.25) is 0 Å². The van der Waals surface area contributed by atoms with E-state index in [0.717, 1.165) is 0 Å². The zero-order valence-electron chi connectivity index (χ0n) is 12.1. The average Bonchev–Trinajstić information content (AvgIpc) is 2.58. The van der Waals surface area contributed by atoms with Crippen molar-refractivity contribution in [2.75, 3.05) is 0 Å². The summed E-state index contributed by atoms with van der Waals surface area (Å²) in [6, 6.07) is 21.8. The van der Waals surface area contributed by atoms with Crippen LogP contribution in [0.15, 0.2) is 66.9 Å². The highest BCUT2D eigenvalue weighted by atomic mass is 15.0. The van der Waals surface area contributed by atoms with E-state index in [1.807, 2.05) is 0 Å². The number of hydrogen-bond donors (Lipinski definition) is 0. The van der Waals surface area contributed by atoms with Crippen LogP contribution in [0.1, 0.15) is 5.56 Å². The molecule has 1 nitrogen and oxygen atoms in total. The van der Waals surface area contributed by atoms with E-state index in [-0.39, 0.29) is 0 Å². The van der Waals surface area contributed by atoms with Crippen LogP contribution in [0.3, 0.4) is 0 Å². The molecule has 3 aromatic carbocycles. The number of rotatable bonds is 0. The lowest BCUT2D eigenvalue weighted by Gasteiger charge is -2.30. The molecule has 0 radical (unpaired) electrons. The minimum atomic E-state index is 0.291. The highest BCUT2D eigenvalue weighted by molar-refractivity contribution is 6.85. The maximum atomic E-state index is 2.37. The molecule has 22 heavy (non-hydrogen) atoms. The van der Waals surface area contributed by atoms with Crippen molar-refractivity contribution in [3.63, 3.8) is 0 Å². The Morgan fingerprint density at radius 2 is 1.50 bits per heavy atom. The molecule has 0 fully saturated rings. The Balaban J connectivity index is 1.79. The second-order valence-electron chi connectivity index (χ2n) is 5.96. The number of nitrogens with zero attached hydrogens (tertiary/aromatic N) is 1. The summed E-state index contributed by atoms with van der Waals surface area (Å²) in [5.41, 5.74) is 2.70. The van der Waals surface area contributed by atoms with Crippen molar-refractivity contribution < 1.29 is 0 Å². The van der Waals surface area contributed by atoms with Crippen LogP contribution in [0.4, 0.5) is 0 Å². The van der Waals surface area contributed by atoms with E-state index in [1.165, 1.54) is 32.2 Å². The predicted molar refractivity (Wildman–Crippen MR) is 94.8 cm³/mol. The van der Waals surface area contributed by atoms with Crippen LogP contribution in [0.25, 0.3) is 29.0 Å². The monoisotopic (exact) mass is 279 g/mol. The maximum Gasteiger partial charge on any atom is 0.320 e. The fraction of sp³-hybridized carbons (Fsp3) is 0. The first-order valence-electron chi connectivity index (χ1n) is 7.66. The molecule has 2 heterocycles. The Morgan fingerprint density at radius 3 is 2.36 bits per heavy atom. The summed E-state index contributed by atoms with van der Waals surface area (Å²) in [6.07, 6.45) is 6.65. The van der Waals surface area contributed by atoms with Gasteiger partial charge >= 0.3 is 6.85 Å². The van der Waals surface area contributed by atoms with Crippen LogP contribution < -0.4 is 15.9 Å². The lowest BCUT2D eigenvalue weighted by atomic mass is 9.50. The van der Waals surface area contributed by atoms with Crippen molar-refractivity contribution in [3.05, 3.63) is 82.9 Å². The van der Waals surface area contributed by atoms with Gasteiger partial charge in [-0.15, -0.1) is 0 Å². The van der Waals surface area contributed by atoms with Gasteiger partial charge in [-0.1, -0.05) is 60.6 Å². The summed E-state index contributed by atoms with van der Waals surface area (Å²) in [5.74, 6) is 2.37. The van der Waals surface area contributed by atoms with Crippen molar-refractivity contribution in [3.8, 4) is 0 Å². The lowest BCUT2D eigenvalue weighted by molar-refractivity contribution is 0.865. The van der Waals surface area contributed by atoms with Crippen LogP contribution in [-0.2, 0) is 0 Å². The normalized spacial score (nSPS) is 14.7. The van der Waals surface area contributed by atoms with Crippen LogP contribution in [0, 0.1) is 0 Å². The Hall–Kier alpha value is -2.74. The zero-order chi connectivity index (χ0) is 14.5. The minimum absolute atomic E-state index is 0.291. The fourth-order valence-electron chi connectivity index (χ4n) is 3.51. The average molecular weight is 279 g/mol. The first-order chi connectivity index (χ1) is 10.9. The van der Waals surface area contributed by atoms with E-state index in [1.54, 1.807) is 0 Å². The Morgan fingerprint density at radius 1 is 0.773 bits per heavy atom. The predicted octanol–water partition coefficient (Wildman–Crippen LogP) is 2.10. The molecule has 0 amide bonds. The Bertz CT molecular complexity index is 1050. The van der Waals surface area contributed by atoms with E-state index in [9.17, 15) is 0 Å². The minimum Gasteiger partial charge on any atom is -0.389 e. The van der Waals surface area contributed by atoms with Crippen molar-refractivity contribution in [1.29, 1.82) is 0 Å². The summed E-state index contributed by atoms with van der Waals surface area (Å²) >= 11 is 0. The van der Waals surface area contributed by atoms with E-state index in [4.69, 9.17) is 0 Å². The first-order valence-corrected chi connectivity index (χ1v) is 7.66. The van der Waals surface area contributed by atoms with Crippen LogP contribution in [-0.4, -0.2) is 11.7 Å². The third-order valence-corrected chi connectivity index (χ3v) is 4.64. The fourth-order valence-corrected chi connectivity index (χ4v) is 3.51. The van der Waals surface area contributed by atoms with Gasteiger partial charge in [0, 0.05) is 0 Å². The summed E-state index contributed by atoms with van der Waals surface area (Å²) in [5, 5.41) is 5.22. The van der Waals surface area contributed by atoms with Gasteiger partial charge in [-0.2, -0.15) is 0 Å². The molecule has 0 N–H and O–H groups in total. The van der Waals surface area contributed by atoms with Gasteiger partial charge in [-0.25, -0.2) is 0 Å². The van der Waals surface area contributed by atoms with Gasteiger partial charge in [0.05, 0.1) is 0 Å². The molecule has 0 saturated carbocycles. The topological polar surface area (TPSA) is 3.24 Å². The number of benzene rings is 3. The molecule has 0 atom stereocenters. The molecule has 0 bridgehead atoms. The second-order valence-corrected chi connectivity index (χ2v) is 5.96. The van der Waals surface area contributed by atoms with Gasteiger partial charge in [-0.05, 0) is 56.8 Å². The van der Waals surface area contributed by atoms with Gasteiger partial charge in [0.2, 0.25) is 0 Å². The Labute approximate surface area is 129 Å². The molecule has 2 aliphatic heterocycles. The molecule has 0 aromatic heterocycles. The first kappa shape index (κ1) is 11.9. The smallest absolute Gasteiger partial charge is 0.320 e. The quantitative estimate of drug-likeness (QED) is 0.570. The molecule has 0 saturated heterocycles. The zero-order valence-corrected chi connectivity index (χ0v) is 12.1. The Kier molecular flexibility index (Phi) is 2.36. The van der Waals surface area contributed by atoms with Crippen LogP contribution >= 0.6 is 0 Å². The second kappa shape index (κ2) is 4.38. The van der Waals surface area contributed by atoms with Crippen molar-refractivity contribution in [2.24, 2.45) is 0 Å². The molecular weight excluding hydrogens is 265 g/mol. The number of fused-ring (bicyclic) bond motifs is 5.